The molecule has 0 aliphatic heterocycles. The van der Waals surface area contributed by atoms with Gasteiger partial charge < -0.3 is 10.2 Å². The first kappa shape index (κ1) is 13.3. The van der Waals surface area contributed by atoms with Crippen LogP contribution in [0.25, 0.3) is 0 Å². The van der Waals surface area contributed by atoms with Crippen LogP contribution in [-0.4, -0.2) is 19.6 Å². The fourth-order valence-corrected chi connectivity index (χ4v) is 2.79. The minimum atomic E-state index is -0.147. The summed E-state index contributed by atoms with van der Waals surface area (Å²) in [4.78, 5) is 2.33. The fourth-order valence-electron chi connectivity index (χ4n) is 2.79. The number of hydrogen-bond acceptors (Lipinski definition) is 2. The molecule has 1 aromatic rings. The van der Waals surface area contributed by atoms with Crippen LogP contribution in [0.2, 0.25) is 0 Å². The summed E-state index contributed by atoms with van der Waals surface area (Å²) in [6.45, 7) is 3.71. The largest absolute Gasteiger partial charge is 0.371 e. The zero-order valence-electron chi connectivity index (χ0n) is 11.4. The molecule has 100 valence electrons. The van der Waals surface area contributed by atoms with Gasteiger partial charge >= 0.3 is 0 Å². The fraction of sp³-hybridized carbons (Fsp3) is 0.600. The van der Waals surface area contributed by atoms with Gasteiger partial charge in [0, 0.05) is 25.3 Å². The van der Waals surface area contributed by atoms with Crippen LogP contribution in [-0.2, 0) is 6.54 Å². The maximum absolute atomic E-state index is 13.4. The van der Waals surface area contributed by atoms with E-state index < -0.39 is 0 Å². The maximum atomic E-state index is 13.4. The van der Waals surface area contributed by atoms with Crippen molar-refractivity contribution in [3.63, 3.8) is 0 Å². The lowest BCUT2D eigenvalue weighted by atomic mass is 10.1. The zero-order valence-corrected chi connectivity index (χ0v) is 11.4. The number of hydrogen-bond donors (Lipinski definition) is 1. The van der Waals surface area contributed by atoms with E-state index in [4.69, 9.17) is 0 Å². The highest BCUT2D eigenvalue weighted by Crippen LogP contribution is 2.29. The first-order chi connectivity index (χ1) is 8.72. The molecule has 0 radical (unpaired) electrons. The predicted molar refractivity (Wildman–Crippen MR) is 74.4 cm³/mol. The van der Waals surface area contributed by atoms with Crippen molar-refractivity contribution in [2.24, 2.45) is 0 Å². The molecule has 0 bridgehead atoms. The standard InChI is InChI=1S/C15H23FN2/c1-3-17-11-12-10-13(16)8-9-15(12)18(2)14-6-4-5-7-14/h8-10,14,17H,3-7,11H2,1-2H3. The van der Waals surface area contributed by atoms with E-state index in [0.29, 0.717) is 6.04 Å². The van der Waals surface area contributed by atoms with E-state index in [9.17, 15) is 4.39 Å². The van der Waals surface area contributed by atoms with Gasteiger partial charge in [0.05, 0.1) is 0 Å². The molecule has 1 aromatic carbocycles. The van der Waals surface area contributed by atoms with Crippen molar-refractivity contribution in [1.29, 1.82) is 0 Å². The molecule has 0 atom stereocenters. The Bertz CT molecular complexity index is 386. The van der Waals surface area contributed by atoms with Crippen LogP contribution in [0, 0.1) is 5.82 Å². The van der Waals surface area contributed by atoms with Crippen LogP contribution in [0.1, 0.15) is 38.2 Å². The molecule has 1 aliphatic rings. The van der Waals surface area contributed by atoms with E-state index in [1.165, 1.54) is 31.4 Å². The van der Waals surface area contributed by atoms with E-state index in [1.807, 2.05) is 6.07 Å². The van der Waals surface area contributed by atoms with Crippen molar-refractivity contribution in [3.05, 3.63) is 29.6 Å². The molecule has 1 fully saturated rings. The lowest BCUT2D eigenvalue weighted by Gasteiger charge is -2.29. The topological polar surface area (TPSA) is 15.3 Å². The summed E-state index contributed by atoms with van der Waals surface area (Å²) in [6.07, 6.45) is 5.15. The molecular formula is C15H23FN2. The zero-order chi connectivity index (χ0) is 13.0. The Labute approximate surface area is 109 Å². The van der Waals surface area contributed by atoms with Crippen molar-refractivity contribution < 1.29 is 4.39 Å². The highest BCUT2D eigenvalue weighted by atomic mass is 19.1. The molecule has 0 amide bonds. The molecular weight excluding hydrogens is 227 g/mol. The minimum Gasteiger partial charge on any atom is -0.371 e. The van der Waals surface area contributed by atoms with Gasteiger partial charge in [-0.3, -0.25) is 0 Å². The number of anilines is 1. The van der Waals surface area contributed by atoms with Crippen LogP contribution in [0.4, 0.5) is 10.1 Å². The number of rotatable bonds is 5. The predicted octanol–water partition coefficient (Wildman–Crippen LogP) is 3.31. The van der Waals surface area contributed by atoms with Crippen molar-refractivity contribution >= 4 is 5.69 Å². The van der Waals surface area contributed by atoms with Gasteiger partial charge in [0.25, 0.3) is 0 Å². The van der Waals surface area contributed by atoms with Gasteiger partial charge in [0.15, 0.2) is 0 Å². The molecule has 2 nitrogen and oxygen atoms in total. The van der Waals surface area contributed by atoms with E-state index in [2.05, 4.69) is 24.2 Å². The van der Waals surface area contributed by atoms with E-state index in [1.54, 1.807) is 12.1 Å². The van der Waals surface area contributed by atoms with Gasteiger partial charge in [-0.2, -0.15) is 0 Å². The van der Waals surface area contributed by atoms with Crippen LogP contribution >= 0.6 is 0 Å². The van der Waals surface area contributed by atoms with Crippen LogP contribution in [0.5, 0.6) is 0 Å². The Morgan fingerprint density at radius 1 is 1.33 bits per heavy atom. The van der Waals surface area contributed by atoms with Gasteiger partial charge in [0.1, 0.15) is 5.82 Å². The molecule has 2 rings (SSSR count). The summed E-state index contributed by atoms with van der Waals surface area (Å²) < 4.78 is 13.4. The highest BCUT2D eigenvalue weighted by Gasteiger charge is 2.21. The summed E-state index contributed by atoms with van der Waals surface area (Å²) >= 11 is 0. The second-order valence-corrected chi connectivity index (χ2v) is 5.10. The average Bonchev–Trinajstić information content (AvgIpc) is 2.89. The van der Waals surface area contributed by atoms with E-state index in [-0.39, 0.29) is 5.82 Å². The number of halogens is 1. The van der Waals surface area contributed by atoms with E-state index in [0.717, 1.165) is 18.7 Å². The molecule has 0 saturated heterocycles. The number of nitrogens with zero attached hydrogens (tertiary/aromatic N) is 1. The molecule has 1 aliphatic carbocycles. The Morgan fingerprint density at radius 2 is 2.06 bits per heavy atom. The minimum absolute atomic E-state index is 0.147. The van der Waals surface area contributed by atoms with Crippen LogP contribution in [0.3, 0.4) is 0 Å². The first-order valence-electron chi connectivity index (χ1n) is 6.94. The van der Waals surface area contributed by atoms with Crippen molar-refractivity contribution in [3.8, 4) is 0 Å². The Kier molecular flexibility index (Phi) is 4.59. The summed E-state index contributed by atoms with van der Waals surface area (Å²) in [6, 6.07) is 5.76. The van der Waals surface area contributed by atoms with Crippen molar-refractivity contribution in [2.75, 3.05) is 18.5 Å². The maximum Gasteiger partial charge on any atom is 0.123 e. The molecule has 1 N–H and O–H groups in total. The quantitative estimate of drug-likeness (QED) is 0.862. The molecule has 3 heteroatoms. The second-order valence-electron chi connectivity index (χ2n) is 5.10. The normalized spacial score (nSPS) is 16.2. The first-order valence-corrected chi connectivity index (χ1v) is 6.94. The molecule has 18 heavy (non-hydrogen) atoms. The molecule has 0 heterocycles. The summed E-state index contributed by atoms with van der Waals surface area (Å²) in [5.41, 5.74) is 2.23. The van der Waals surface area contributed by atoms with Gasteiger partial charge in [-0.05, 0) is 43.1 Å². The highest BCUT2D eigenvalue weighted by molar-refractivity contribution is 5.54. The smallest absolute Gasteiger partial charge is 0.123 e. The second kappa shape index (κ2) is 6.19. The molecule has 1 saturated carbocycles. The van der Waals surface area contributed by atoms with E-state index >= 15 is 0 Å². The summed E-state index contributed by atoms with van der Waals surface area (Å²) in [5, 5.41) is 3.28. The Balaban J connectivity index is 2.18. The van der Waals surface area contributed by atoms with Crippen molar-refractivity contribution in [2.45, 2.75) is 45.2 Å². The third-order valence-corrected chi connectivity index (χ3v) is 3.86. The lowest BCUT2D eigenvalue weighted by Crippen LogP contribution is -2.30. The Morgan fingerprint density at radius 3 is 2.72 bits per heavy atom. The Hall–Kier alpha value is -1.09. The third-order valence-electron chi connectivity index (χ3n) is 3.86. The van der Waals surface area contributed by atoms with Gasteiger partial charge in [-0.15, -0.1) is 0 Å². The molecule has 0 unspecified atom stereocenters. The van der Waals surface area contributed by atoms with Crippen LogP contribution < -0.4 is 10.2 Å². The SMILES string of the molecule is CCNCc1cc(F)ccc1N(C)C1CCCC1. The average molecular weight is 250 g/mol. The number of benzene rings is 1. The van der Waals surface area contributed by atoms with Gasteiger partial charge in [-0.25, -0.2) is 4.39 Å². The summed E-state index contributed by atoms with van der Waals surface area (Å²) in [7, 11) is 2.14. The van der Waals surface area contributed by atoms with Gasteiger partial charge in [0.2, 0.25) is 0 Å². The van der Waals surface area contributed by atoms with Crippen molar-refractivity contribution in [1.82, 2.24) is 5.32 Å². The monoisotopic (exact) mass is 250 g/mol. The van der Waals surface area contributed by atoms with Gasteiger partial charge in [-0.1, -0.05) is 19.8 Å². The third kappa shape index (κ3) is 3.02. The number of nitrogens with one attached hydrogen (secondary N) is 1. The molecule has 0 spiro atoms. The lowest BCUT2D eigenvalue weighted by molar-refractivity contribution is 0.615. The summed E-state index contributed by atoms with van der Waals surface area (Å²) in [5.74, 6) is -0.147. The van der Waals surface area contributed by atoms with Crippen LogP contribution in [0.15, 0.2) is 18.2 Å². The molecule has 0 aromatic heterocycles.